The first kappa shape index (κ1) is 13.6. The average Bonchev–Trinajstić information content (AvgIpc) is 2.63. The quantitative estimate of drug-likeness (QED) is 0.832. The Hall–Kier alpha value is -0.480. The van der Waals surface area contributed by atoms with Crippen molar-refractivity contribution >= 4 is 11.8 Å². The van der Waals surface area contributed by atoms with Gasteiger partial charge in [0.1, 0.15) is 0 Å². The van der Waals surface area contributed by atoms with Crippen LogP contribution in [0.5, 0.6) is 0 Å². The fraction of sp³-hybridized carbons (Fsp3) is 0.750. The first-order valence-corrected chi connectivity index (χ1v) is 7.30. The molecular formula is C12H22N2OS. The third-order valence-corrected chi connectivity index (χ3v) is 3.36. The molecule has 0 saturated heterocycles. The Labute approximate surface area is 102 Å². The molecule has 1 rings (SSSR count). The smallest absolute Gasteiger partial charge is 0.0798 e. The molecule has 1 N–H and O–H groups in total. The lowest BCUT2D eigenvalue weighted by atomic mass is 10.0. The van der Waals surface area contributed by atoms with Crippen LogP contribution in [-0.4, -0.2) is 26.9 Å². The van der Waals surface area contributed by atoms with Gasteiger partial charge >= 0.3 is 0 Å². The summed E-state index contributed by atoms with van der Waals surface area (Å²) in [7, 11) is 0. The third kappa shape index (κ3) is 2.80. The number of aliphatic hydroxyl groups is 1. The molecule has 0 fully saturated rings. The van der Waals surface area contributed by atoms with E-state index in [1.54, 1.807) is 0 Å². The number of aryl methyl sites for hydroxylation is 2. The van der Waals surface area contributed by atoms with Gasteiger partial charge in [0.2, 0.25) is 0 Å². The highest BCUT2D eigenvalue weighted by Gasteiger charge is 2.18. The molecule has 3 nitrogen and oxygen atoms in total. The van der Waals surface area contributed by atoms with E-state index in [0.29, 0.717) is 0 Å². The summed E-state index contributed by atoms with van der Waals surface area (Å²) in [4.78, 5) is 0. The van der Waals surface area contributed by atoms with Crippen molar-refractivity contribution in [1.29, 1.82) is 0 Å². The third-order valence-electron chi connectivity index (χ3n) is 2.77. The summed E-state index contributed by atoms with van der Waals surface area (Å²) in [5.41, 5.74) is 3.29. The fourth-order valence-corrected chi connectivity index (χ4v) is 2.40. The Morgan fingerprint density at radius 1 is 1.38 bits per heavy atom. The summed E-state index contributed by atoms with van der Waals surface area (Å²) in [5.74, 6) is 1.07. The number of thioether (sulfide) groups is 1. The number of rotatable bonds is 6. The zero-order valence-corrected chi connectivity index (χ0v) is 11.5. The van der Waals surface area contributed by atoms with Crippen molar-refractivity contribution in [3.8, 4) is 0 Å². The van der Waals surface area contributed by atoms with Crippen molar-refractivity contribution in [2.24, 2.45) is 0 Å². The van der Waals surface area contributed by atoms with E-state index in [4.69, 9.17) is 0 Å². The maximum absolute atomic E-state index is 9.83. The molecule has 1 aromatic rings. The Morgan fingerprint density at radius 3 is 2.50 bits per heavy atom. The number of aliphatic hydroxyl groups excluding tert-OH is 1. The monoisotopic (exact) mass is 242 g/mol. The van der Waals surface area contributed by atoms with Gasteiger partial charge in [0.05, 0.1) is 18.3 Å². The maximum Gasteiger partial charge on any atom is 0.0798 e. The molecule has 4 heteroatoms. The van der Waals surface area contributed by atoms with E-state index in [0.717, 1.165) is 36.4 Å². The number of nitrogens with zero attached hydrogens (tertiary/aromatic N) is 2. The predicted octanol–water partition coefficient (Wildman–Crippen LogP) is 2.42. The molecule has 92 valence electrons. The van der Waals surface area contributed by atoms with Crippen molar-refractivity contribution in [3.63, 3.8) is 0 Å². The second-order valence-corrected chi connectivity index (χ2v) is 4.89. The van der Waals surface area contributed by atoms with Crippen LogP contribution in [0.25, 0.3) is 0 Å². The van der Waals surface area contributed by atoms with Crippen molar-refractivity contribution in [2.45, 2.75) is 46.3 Å². The van der Waals surface area contributed by atoms with Crippen LogP contribution in [0.1, 0.15) is 43.8 Å². The van der Waals surface area contributed by atoms with Gasteiger partial charge in [0.25, 0.3) is 0 Å². The van der Waals surface area contributed by atoms with Gasteiger partial charge < -0.3 is 5.11 Å². The van der Waals surface area contributed by atoms with E-state index in [-0.39, 0.29) is 0 Å². The lowest BCUT2D eigenvalue weighted by Crippen LogP contribution is -2.07. The van der Waals surface area contributed by atoms with E-state index >= 15 is 0 Å². The Kier molecular flexibility index (Phi) is 5.35. The SMILES string of the molecule is CCc1nn(CCSC)c(CC)c1C(C)O. The van der Waals surface area contributed by atoms with Crippen molar-refractivity contribution in [1.82, 2.24) is 9.78 Å². The highest BCUT2D eigenvalue weighted by atomic mass is 32.2. The van der Waals surface area contributed by atoms with E-state index in [1.807, 2.05) is 18.7 Å². The lowest BCUT2D eigenvalue weighted by Gasteiger charge is -2.09. The average molecular weight is 242 g/mol. The molecule has 16 heavy (non-hydrogen) atoms. The standard InChI is InChI=1S/C12H22N2OS/c1-5-10-12(9(3)15)11(6-2)14(13-10)7-8-16-4/h9,15H,5-8H2,1-4H3. The van der Waals surface area contributed by atoms with E-state index < -0.39 is 6.10 Å². The lowest BCUT2D eigenvalue weighted by molar-refractivity contribution is 0.197. The van der Waals surface area contributed by atoms with Crippen LogP contribution in [0.4, 0.5) is 0 Å². The maximum atomic E-state index is 9.83. The zero-order valence-electron chi connectivity index (χ0n) is 10.7. The fourth-order valence-electron chi connectivity index (χ4n) is 2.04. The molecule has 0 aliphatic heterocycles. The summed E-state index contributed by atoms with van der Waals surface area (Å²) < 4.78 is 2.07. The topological polar surface area (TPSA) is 38.0 Å². The van der Waals surface area contributed by atoms with Crippen LogP contribution < -0.4 is 0 Å². The molecular weight excluding hydrogens is 220 g/mol. The minimum Gasteiger partial charge on any atom is -0.389 e. The first-order chi connectivity index (χ1) is 7.65. The highest BCUT2D eigenvalue weighted by molar-refractivity contribution is 7.98. The molecule has 0 spiro atoms. The van der Waals surface area contributed by atoms with Crippen LogP contribution >= 0.6 is 11.8 Å². The summed E-state index contributed by atoms with van der Waals surface area (Å²) in [5, 5.41) is 14.4. The molecule has 0 radical (unpaired) electrons. The molecule has 0 aliphatic carbocycles. The van der Waals surface area contributed by atoms with Gasteiger partial charge in [0.15, 0.2) is 0 Å². The summed E-state index contributed by atoms with van der Waals surface area (Å²) >= 11 is 1.82. The van der Waals surface area contributed by atoms with Gasteiger partial charge in [-0.2, -0.15) is 16.9 Å². The largest absolute Gasteiger partial charge is 0.389 e. The molecule has 0 aliphatic rings. The van der Waals surface area contributed by atoms with E-state index in [1.165, 1.54) is 5.69 Å². The number of aromatic nitrogens is 2. The molecule has 0 bridgehead atoms. The molecule has 1 unspecified atom stereocenters. The molecule has 1 heterocycles. The van der Waals surface area contributed by atoms with Gasteiger partial charge in [-0.3, -0.25) is 4.68 Å². The second-order valence-electron chi connectivity index (χ2n) is 3.91. The first-order valence-electron chi connectivity index (χ1n) is 5.91. The summed E-state index contributed by atoms with van der Waals surface area (Å²) in [6.07, 6.45) is 3.51. The summed E-state index contributed by atoms with van der Waals surface area (Å²) in [6.45, 7) is 6.97. The minimum absolute atomic E-state index is 0.409. The highest BCUT2D eigenvalue weighted by Crippen LogP contribution is 2.23. The van der Waals surface area contributed by atoms with Crippen molar-refractivity contribution in [3.05, 3.63) is 17.0 Å². The number of hydrogen-bond acceptors (Lipinski definition) is 3. The molecule has 0 aromatic carbocycles. The van der Waals surface area contributed by atoms with Gasteiger partial charge in [-0.1, -0.05) is 13.8 Å². The molecule has 0 saturated carbocycles. The Bertz CT molecular complexity index is 334. The Morgan fingerprint density at radius 2 is 2.06 bits per heavy atom. The van der Waals surface area contributed by atoms with Crippen LogP contribution in [0, 0.1) is 0 Å². The molecule has 1 atom stereocenters. The van der Waals surface area contributed by atoms with Crippen LogP contribution in [0.15, 0.2) is 0 Å². The second kappa shape index (κ2) is 6.30. The van der Waals surface area contributed by atoms with Crippen LogP contribution in [-0.2, 0) is 19.4 Å². The molecule has 1 aromatic heterocycles. The molecule has 0 amide bonds. The van der Waals surface area contributed by atoms with E-state index in [9.17, 15) is 5.11 Å². The normalized spacial score (nSPS) is 13.1. The van der Waals surface area contributed by atoms with Crippen molar-refractivity contribution < 1.29 is 5.11 Å². The predicted molar refractivity (Wildman–Crippen MR) is 70.0 cm³/mol. The van der Waals surface area contributed by atoms with Gasteiger partial charge in [0, 0.05) is 17.0 Å². The minimum atomic E-state index is -0.409. The zero-order chi connectivity index (χ0) is 12.1. The van der Waals surface area contributed by atoms with Crippen LogP contribution in [0.2, 0.25) is 0 Å². The van der Waals surface area contributed by atoms with Gasteiger partial charge in [-0.25, -0.2) is 0 Å². The van der Waals surface area contributed by atoms with Crippen LogP contribution in [0.3, 0.4) is 0 Å². The number of hydrogen-bond donors (Lipinski definition) is 1. The Balaban J connectivity index is 3.08. The van der Waals surface area contributed by atoms with Crippen molar-refractivity contribution in [2.75, 3.05) is 12.0 Å². The van der Waals surface area contributed by atoms with Gasteiger partial charge in [-0.05, 0) is 26.0 Å². The van der Waals surface area contributed by atoms with Gasteiger partial charge in [-0.15, -0.1) is 0 Å². The van der Waals surface area contributed by atoms with E-state index in [2.05, 4.69) is 29.9 Å². The summed E-state index contributed by atoms with van der Waals surface area (Å²) in [6, 6.07) is 0.